The van der Waals surface area contributed by atoms with E-state index in [9.17, 15) is 4.39 Å². The van der Waals surface area contributed by atoms with Crippen molar-refractivity contribution >= 4 is 5.82 Å². The topological polar surface area (TPSA) is 38.2 Å². The van der Waals surface area contributed by atoms with Crippen LogP contribution in [0.5, 0.6) is 0 Å². The van der Waals surface area contributed by atoms with Gasteiger partial charge < -0.3 is 9.64 Å². The minimum absolute atomic E-state index is 0.216. The van der Waals surface area contributed by atoms with E-state index in [0.717, 1.165) is 36.7 Å². The zero-order chi connectivity index (χ0) is 14.7. The highest BCUT2D eigenvalue weighted by molar-refractivity contribution is 5.40. The molecule has 0 aliphatic carbocycles. The summed E-state index contributed by atoms with van der Waals surface area (Å²) in [7, 11) is 1.97. The van der Waals surface area contributed by atoms with Crippen LogP contribution in [0, 0.1) is 5.82 Å². The Morgan fingerprint density at radius 2 is 2.10 bits per heavy atom. The zero-order valence-electron chi connectivity index (χ0n) is 12.0. The summed E-state index contributed by atoms with van der Waals surface area (Å²) in [5.74, 6) is 1.02. The second kappa shape index (κ2) is 6.18. The smallest absolute Gasteiger partial charge is 0.132 e. The third kappa shape index (κ3) is 3.36. The lowest BCUT2D eigenvalue weighted by Gasteiger charge is -2.19. The Hall–Kier alpha value is -2.01. The highest BCUT2D eigenvalue weighted by atomic mass is 19.1. The molecule has 21 heavy (non-hydrogen) atoms. The molecule has 1 aromatic heterocycles. The first-order chi connectivity index (χ1) is 10.2. The summed E-state index contributed by atoms with van der Waals surface area (Å²) in [5.41, 5.74) is 2.08. The van der Waals surface area contributed by atoms with Crippen LogP contribution >= 0.6 is 0 Å². The summed E-state index contributed by atoms with van der Waals surface area (Å²) in [6.45, 7) is 2.21. The minimum atomic E-state index is -0.216. The summed E-state index contributed by atoms with van der Waals surface area (Å²) in [4.78, 5) is 10.7. The van der Waals surface area contributed by atoms with E-state index in [-0.39, 0.29) is 5.82 Å². The highest BCUT2D eigenvalue weighted by Gasteiger charge is 2.20. The van der Waals surface area contributed by atoms with Gasteiger partial charge in [0.2, 0.25) is 0 Å². The normalized spacial score (nSPS) is 17.9. The van der Waals surface area contributed by atoms with Crippen molar-refractivity contribution < 1.29 is 9.13 Å². The summed E-state index contributed by atoms with van der Waals surface area (Å²) in [5, 5.41) is 0. The molecule has 2 heterocycles. The maximum atomic E-state index is 12.9. The van der Waals surface area contributed by atoms with Crippen molar-refractivity contribution in [3.05, 3.63) is 53.7 Å². The molecule has 0 saturated carbocycles. The van der Waals surface area contributed by atoms with Crippen LogP contribution in [0.4, 0.5) is 10.2 Å². The van der Waals surface area contributed by atoms with Crippen molar-refractivity contribution in [2.45, 2.75) is 18.9 Å². The van der Waals surface area contributed by atoms with Crippen molar-refractivity contribution in [2.24, 2.45) is 0 Å². The molecule has 1 aromatic carbocycles. The number of rotatable bonds is 4. The molecule has 2 aromatic rings. The maximum absolute atomic E-state index is 12.9. The van der Waals surface area contributed by atoms with E-state index in [0.29, 0.717) is 12.5 Å². The van der Waals surface area contributed by atoms with Gasteiger partial charge in [-0.2, -0.15) is 0 Å². The summed E-state index contributed by atoms with van der Waals surface area (Å²) in [6, 6.07) is 8.55. The number of nitrogens with zero attached hydrogens (tertiary/aromatic N) is 3. The molecule has 0 N–H and O–H groups in total. The first-order valence-electron chi connectivity index (χ1n) is 7.07. The molecular formula is C16H18FN3O. The SMILES string of the molecule is CN(Cc1ccc(F)cc1)c1cc([C@@H]2CCOC2)ncn1. The second-order valence-corrected chi connectivity index (χ2v) is 5.34. The number of ether oxygens (including phenoxy) is 1. The van der Waals surface area contributed by atoms with E-state index in [1.54, 1.807) is 18.5 Å². The Bertz CT molecular complexity index is 597. The van der Waals surface area contributed by atoms with Crippen LogP contribution in [0.3, 0.4) is 0 Å². The van der Waals surface area contributed by atoms with Crippen LogP contribution in [-0.2, 0) is 11.3 Å². The van der Waals surface area contributed by atoms with E-state index >= 15 is 0 Å². The van der Waals surface area contributed by atoms with Gasteiger partial charge in [-0.25, -0.2) is 14.4 Å². The van der Waals surface area contributed by atoms with Gasteiger partial charge in [0.05, 0.1) is 12.3 Å². The number of hydrogen-bond donors (Lipinski definition) is 0. The van der Waals surface area contributed by atoms with Gasteiger partial charge in [0.1, 0.15) is 18.0 Å². The summed E-state index contributed by atoms with van der Waals surface area (Å²) < 4.78 is 18.3. The van der Waals surface area contributed by atoms with E-state index < -0.39 is 0 Å². The number of halogens is 1. The third-order valence-electron chi connectivity index (χ3n) is 3.75. The van der Waals surface area contributed by atoms with Gasteiger partial charge in [0, 0.05) is 32.2 Å². The Morgan fingerprint density at radius 1 is 1.29 bits per heavy atom. The van der Waals surface area contributed by atoms with Crippen molar-refractivity contribution in [1.29, 1.82) is 0 Å². The molecule has 1 fully saturated rings. The molecule has 4 nitrogen and oxygen atoms in total. The Kier molecular flexibility index (Phi) is 4.10. The average Bonchev–Trinajstić information content (AvgIpc) is 3.04. The van der Waals surface area contributed by atoms with Crippen molar-refractivity contribution in [3.63, 3.8) is 0 Å². The summed E-state index contributed by atoms with van der Waals surface area (Å²) in [6.07, 6.45) is 2.61. The lowest BCUT2D eigenvalue weighted by molar-refractivity contribution is 0.193. The monoisotopic (exact) mass is 287 g/mol. The van der Waals surface area contributed by atoms with Gasteiger partial charge in [-0.1, -0.05) is 12.1 Å². The van der Waals surface area contributed by atoms with Gasteiger partial charge in [-0.05, 0) is 24.1 Å². The minimum Gasteiger partial charge on any atom is -0.381 e. The maximum Gasteiger partial charge on any atom is 0.132 e. The zero-order valence-corrected chi connectivity index (χ0v) is 12.0. The Balaban J connectivity index is 1.73. The first-order valence-corrected chi connectivity index (χ1v) is 7.07. The fourth-order valence-corrected chi connectivity index (χ4v) is 2.51. The Morgan fingerprint density at radius 3 is 2.81 bits per heavy atom. The van der Waals surface area contributed by atoms with Gasteiger partial charge in [-0.15, -0.1) is 0 Å². The third-order valence-corrected chi connectivity index (χ3v) is 3.75. The van der Waals surface area contributed by atoms with Gasteiger partial charge in [0.15, 0.2) is 0 Å². The molecule has 1 aliphatic rings. The quantitative estimate of drug-likeness (QED) is 0.866. The molecule has 0 amide bonds. The van der Waals surface area contributed by atoms with Crippen LogP contribution in [0.1, 0.15) is 23.6 Å². The number of aromatic nitrogens is 2. The van der Waals surface area contributed by atoms with Gasteiger partial charge >= 0.3 is 0 Å². The predicted octanol–water partition coefficient (Wildman–Crippen LogP) is 2.76. The molecule has 0 spiro atoms. The molecule has 5 heteroatoms. The first kappa shape index (κ1) is 13.9. The summed E-state index contributed by atoms with van der Waals surface area (Å²) >= 11 is 0. The molecule has 1 saturated heterocycles. The van der Waals surface area contributed by atoms with E-state index in [4.69, 9.17) is 4.74 Å². The van der Waals surface area contributed by atoms with Crippen LogP contribution in [0.2, 0.25) is 0 Å². The van der Waals surface area contributed by atoms with Crippen LogP contribution < -0.4 is 4.90 Å². The van der Waals surface area contributed by atoms with Crippen LogP contribution in [0.25, 0.3) is 0 Å². The molecule has 0 unspecified atom stereocenters. The molecule has 1 atom stereocenters. The molecule has 110 valence electrons. The van der Waals surface area contributed by atoms with E-state index in [1.165, 1.54) is 12.1 Å². The van der Waals surface area contributed by atoms with Crippen LogP contribution in [-0.4, -0.2) is 30.2 Å². The van der Waals surface area contributed by atoms with E-state index in [2.05, 4.69) is 9.97 Å². The number of anilines is 1. The second-order valence-electron chi connectivity index (χ2n) is 5.34. The van der Waals surface area contributed by atoms with Gasteiger partial charge in [-0.3, -0.25) is 0 Å². The fourth-order valence-electron chi connectivity index (χ4n) is 2.51. The predicted molar refractivity (Wildman–Crippen MR) is 78.7 cm³/mol. The number of benzene rings is 1. The lowest BCUT2D eigenvalue weighted by atomic mass is 10.0. The molecule has 0 radical (unpaired) electrons. The highest BCUT2D eigenvalue weighted by Crippen LogP contribution is 2.25. The average molecular weight is 287 g/mol. The van der Waals surface area contributed by atoms with Crippen molar-refractivity contribution in [1.82, 2.24) is 9.97 Å². The van der Waals surface area contributed by atoms with Crippen molar-refractivity contribution in [3.8, 4) is 0 Å². The Labute approximate surface area is 123 Å². The molecule has 1 aliphatic heterocycles. The van der Waals surface area contributed by atoms with Gasteiger partial charge in [0.25, 0.3) is 0 Å². The standard InChI is InChI=1S/C16H18FN3O/c1-20(9-12-2-4-14(17)5-3-12)16-8-15(18-11-19-16)13-6-7-21-10-13/h2-5,8,11,13H,6-7,9-10H2,1H3/t13-/m1/s1. The largest absolute Gasteiger partial charge is 0.381 e. The van der Waals surface area contributed by atoms with Crippen LogP contribution in [0.15, 0.2) is 36.7 Å². The lowest BCUT2D eigenvalue weighted by Crippen LogP contribution is -2.18. The van der Waals surface area contributed by atoms with E-state index in [1.807, 2.05) is 18.0 Å². The molecular weight excluding hydrogens is 269 g/mol. The van der Waals surface area contributed by atoms with Crippen molar-refractivity contribution in [2.75, 3.05) is 25.2 Å². The molecule has 0 bridgehead atoms. The fraction of sp³-hybridized carbons (Fsp3) is 0.375. The molecule has 3 rings (SSSR count). The number of hydrogen-bond acceptors (Lipinski definition) is 4.